The summed E-state index contributed by atoms with van der Waals surface area (Å²) in [7, 11) is 1.26. The van der Waals surface area contributed by atoms with Crippen molar-refractivity contribution in [1.82, 2.24) is 4.98 Å². The van der Waals surface area contributed by atoms with Crippen LogP contribution in [0.15, 0.2) is 6.07 Å². The minimum absolute atomic E-state index is 0.0597. The summed E-state index contributed by atoms with van der Waals surface area (Å²) in [6.45, 7) is 3.27. The quantitative estimate of drug-likeness (QED) is 0.765. The lowest BCUT2D eigenvalue weighted by Crippen LogP contribution is -2.13. The Bertz CT molecular complexity index is 421. The third kappa shape index (κ3) is 2.89. The topological polar surface area (TPSA) is 48.4 Å². The monoisotopic (exact) mass is 245 g/mol. The highest BCUT2D eigenvalue weighted by Crippen LogP contribution is 2.32. The molecule has 0 bridgehead atoms. The van der Waals surface area contributed by atoms with Gasteiger partial charge in [-0.15, -0.1) is 0 Å². The number of carbonyl (C=O) groups excluding carboxylic acids is 1. The number of pyridine rings is 1. The van der Waals surface area contributed by atoms with Gasteiger partial charge in [0.1, 0.15) is 5.75 Å². The van der Waals surface area contributed by atoms with E-state index in [1.807, 2.05) is 0 Å². The van der Waals surface area contributed by atoms with E-state index in [9.17, 15) is 13.6 Å². The SMILES string of the molecule is CCOC(=O)c1nc(C)cc(OC)c1C(F)F. The lowest BCUT2D eigenvalue weighted by Gasteiger charge is -2.12. The summed E-state index contributed by atoms with van der Waals surface area (Å²) in [5.74, 6) is -0.930. The zero-order valence-corrected chi connectivity index (χ0v) is 9.79. The molecule has 0 aliphatic carbocycles. The number of nitrogens with zero attached hydrogens (tertiary/aromatic N) is 1. The summed E-state index contributed by atoms with van der Waals surface area (Å²) in [6.07, 6.45) is -2.85. The van der Waals surface area contributed by atoms with Gasteiger partial charge in [-0.25, -0.2) is 18.6 Å². The average Bonchev–Trinajstić information content (AvgIpc) is 2.27. The Labute approximate surface area is 97.6 Å². The number of rotatable bonds is 4. The fourth-order valence-corrected chi connectivity index (χ4v) is 1.39. The van der Waals surface area contributed by atoms with Gasteiger partial charge in [0.25, 0.3) is 6.43 Å². The summed E-state index contributed by atoms with van der Waals surface area (Å²) in [5.41, 5.74) is -0.510. The molecule has 0 amide bonds. The zero-order valence-electron chi connectivity index (χ0n) is 9.79. The number of alkyl halides is 2. The number of esters is 1. The van der Waals surface area contributed by atoms with Crippen molar-refractivity contribution < 1.29 is 23.0 Å². The van der Waals surface area contributed by atoms with Gasteiger partial charge in [-0.3, -0.25) is 0 Å². The highest BCUT2D eigenvalue weighted by Gasteiger charge is 2.26. The first-order valence-electron chi connectivity index (χ1n) is 5.02. The average molecular weight is 245 g/mol. The molecular formula is C11H13F2NO3. The van der Waals surface area contributed by atoms with Crippen molar-refractivity contribution >= 4 is 5.97 Å². The number of carbonyl (C=O) groups is 1. The Morgan fingerprint density at radius 2 is 2.18 bits per heavy atom. The van der Waals surface area contributed by atoms with Crippen LogP contribution in [-0.4, -0.2) is 24.7 Å². The zero-order chi connectivity index (χ0) is 13.0. The second kappa shape index (κ2) is 5.56. The van der Waals surface area contributed by atoms with E-state index in [1.165, 1.54) is 13.2 Å². The lowest BCUT2D eigenvalue weighted by molar-refractivity contribution is 0.0505. The van der Waals surface area contributed by atoms with Crippen LogP contribution in [0.2, 0.25) is 0 Å². The summed E-state index contributed by atoms with van der Waals surface area (Å²) in [4.78, 5) is 15.3. The third-order valence-electron chi connectivity index (χ3n) is 2.06. The molecule has 1 heterocycles. The van der Waals surface area contributed by atoms with Gasteiger partial charge in [0, 0.05) is 11.8 Å². The number of ether oxygens (including phenoxy) is 2. The van der Waals surface area contributed by atoms with Gasteiger partial charge in [0.05, 0.1) is 19.3 Å². The predicted octanol–water partition coefficient (Wildman–Crippen LogP) is 2.51. The summed E-state index contributed by atoms with van der Waals surface area (Å²) in [5, 5.41) is 0. The largest absolute Gasteiger partial charge is 0.496 e. The van der Waals surface area contributed by atoms with Gasteiger partial charge in [-0.05, 0) is 13.8 Å². The van der Waals surface area contributed by atoms with E-state index in [0.717, 1.165) is 0 Å². The molecule has 17 heavy (non-hydrogen) atoms. The van der Waals surface area contributed by atoms with Crippen molar-refractivity contribution in [3.8, 4) is 5.75 Å². The van der Waals surface area contributed by atoms with Crippen LogP contribution in [0.3, 0.4) is 0 Å². The smallest absolute Gasteiger partial charge is 0.357 e. The number of aromatic nitrogens is 1. The van der Waals surface area contributed by atoms with Crippen LogP contribution >= 0.6 is 0 Å². The molecule has 0 unspecified atom stereocenters. The van der Waals surface area contributed by atoms with Crippen LogP contribution in [0.1, 0.15) is 35.1 Å². The predicted molar refractivity (Wildman–Crippen MR) is 56.4 cm³/mol. The molecular weight excluding hydrogens is 232 g/mol. The van der Waals surface area contributed by atoms with Crippen molar-refractivity contribution in [3.63, 3.8) is 0 Å². The molecule has 1 aromatic heterocycles. The van der Waals surface area contributed by atoms with E-state index in [0.29, 0.717) is 5.69 Å². The molecule has 0 saturated carbocycles. The Balaban J connectivity index is 3.35. The number of halogens is 2. The molecule has 0 saturated heterocycles. The van der Waals surface area contributed by atoms with Gasteiger partial charge >= 0.3 is 5.97 Å². The normalized spacial score (nSPS) is 10.5. The molecule has 4 nitrogen and oxygen atoms in total. The first kappa shape index (κ1) is 13.3. The molecule has 0 spiro atoms. The van der Waals surface area contributed by atoms with Gasteiger partial charge in [0.2, 0.25) is 0 Å². The maximum absolute atomic E-state index is 12.9. The molecule has 0 atom stereocenters. The summed E-state index contributed by atoms with van der Waals surface area (Å²) >= 11 is 0. The minimum atomic E-state index is -2.85. The van der Waals surface area contributed by atoms with Crippen LogP contribution in [-0.2, 0) is 4.74 Å². The van der Waals surface area contributed by atoms with Crippen LogP contribution < -0.4 is 4.74 Å². The molecule has 6 heteroatoms. The van der Waals surface area contributed by atoms with E-state index in [2.05, 4.69) is 9.72 Å². The molecule has 0 N–H and O–H groups in total. The van der Waals surface area contributed by atoms with Crippen LogP contribution in [0.4, 0.5) is 8.78 Å². The van der Waals surface area contributed by atoms with Gasteiger partial charge in [-0.1, -0.05) is 0 Å². The fourth-order valence-electron chi connectivity index (χ4n) is 1.39. The number of methoxy groups -OCH3 is 1. The van der Waals surface area contributed by atoms with E-state index in [1.54, 1.807) is 13.8 Å². The highest BCUT2D eigenvalue weighted by molar-refractivity contribution is 5.90. The molecule has 1 aromatic rings. The Hall–Kier alpha value is -1.72. The molecule has 0 aliphatic rings. The first-order valence-corrected chi connectivity index (χ1v) is 5.02. The van der Waals surface area contributed by atoms with Crippen LogP contribution in [0.5, 0.6) is 5.75 Å². The minimum Gasteiger partial charge on any atom is -0.496 e. The van der Waals surface area contributed by atoms with Crippen molar-refractivity contribution in [2.24, 2.45) is 0 Å². The second-order valence-corrected chi connectivity index (χ2v) is 3.25. The van der Waals surface area contributed by atoms with Gasteiger partial charge in [0.15, 0.2) is 5.69 Å². The highest BCUT2D eigenvalue weighted by atomic mass is 19.3. The number of aryl methyl sites for hydroxylation is 1. The van der Waals surface area contributed by atoms with Crippen molar-refractivity contribution in [1.29, 1.82) is 0 Å². The molecule has 0 fully saturated rings. The lowest BCUT2D eigenvalue weighted by atomic mass is 10.1. The van der Waals surface area contributed by atoms with Gasteiger partial charge in [-0.2, -0.15) is 0 Å². The molecule has 94 valence electrons. The second-order valence-electron chi connectivity index (χ2n) is 3.25. The van der Waals surface area contributed by atoms with E-state index < -0.39 is 23.7 Å². The van der Waals surface area contributed by atoms with Gasteiger partial charge < -0.3 is 9.47 Å². The number of hydrogen-bond donors (Lipinski definition) is 0. The van der Waals surface area contributed by atoms with E-state index in [-0.39, 0.29) is 12.4 Å². The summed E-state index contributed by atoms with van der Waals surface area (Å²) in [6, 6.07) is 1.35. The maximum atomic E-state index is 12.9. The van der Waals surface area contributed by atoms with Crippen molar-refractivity contribution in [2.45, 2.75) is 20.3 Å². The third-order valence-corrected chi connectivity index (χ3v) is 2.06. The standard InChI is InChI=1S/C11H13F2NO3/c1-4-17-11(15)9-8(10(12)13)7(16-3)5-6(2)14-9/h5,10H,4H2,1-3H3. The van der Waals surface area contributed by atoms with Crippen molar-refractivity contribution in [2.75, 3.05) is 13.7 Å². The molecule has 1 rings (SSSR count). The Morgan fingerprint density at radius 1 is 1.53 bits per heavy atom. The fraction of sp³-hybridized carbons (Fsp3) is 0.455. The van der Waals surface area contributed by atoms with E-state index >= 15 is 0 Å². The van der Waals surface area contributed by atoms with Crippen molar-refractivity contribution in [3.05, 3.63) is 23.0 Å². The molecule has 0 radical (unpaired) electrons. The first-order chi connectivity index (χ1) is 8.01. The summed E-state index contributed by atoms with van der Waals surface area (Å²) < 4.78 is 35.3. The van der Waals surface area contributed by atoms with Crippen LogP contribution in [0.25, 0.3) is 0 Å². The Kier molecular flexibility index (Phi) is 4.37. The Morgan fingerprint density at radius 3 is 2.65 bits per heavy atom. The molecule has 0 aliphatic heterocycles. The number of hydrogen-bond acceptors (Lipinski definition) is 4. The van der Waals surface area contributed by atoms with E-state index in [4.69, 9.17) is 4.74 Å². The van der Waals surface area contributed by atoms with Crippen LogP contribution in [0, 0.1) is 6.92 Å². The molecule has 0 aromatic carbocycles. The maximum Gasteiger partial charge on any atom is 0.357 e.